The van der Waals surface area contributed by atoms with Gasteiger partial charge in [-0.1, -0.05) is 17.7 Å². The van der Waals surface area contributed by atoms with Crippen molar-refractivity contribution in [3.8, 4) is 0 Å². The molecule has 0 unspecified atom stereocenters. The van der Waals surface area contributed by atoms with Gasteiger partial charge < -0.3 is 5.32 Å². The zero-order valence-corrected chi connectivity index (χ0v) is 15.4. The highest BCUT2D eigenvalue weighted by atomic mass is 32.2. The van der Waals surface area contributed by atoms with Crippen LogP contribution in [0.25, 0.3) is 0 Å². The summed E-state index contributed by atoms with van der Waals surface area (Å²) in [5.41, 5.74) is 3.60. The molecule has 1 fully saturated rings. The molecule has 1 amide bonds. The Bertz CT molecular complexity index is 891. The zero-order valence-electron chi connectivity index (χ0n) is 14.6. The van der Waals surface area contributed by atoms with Crippen molar-refractivity contribution in [2.75, 3.05) is 10.0 Å². The first-order chi connectivity index (χ1) is 11.8. The fourth-order valence-corrected chi connectivity index (χ4v) is 4.52. The lowest BCUT2D eigenvalue weighted by molar-refractivity contribution is -0.117. The van der Waals surface area contributed by atoms with Crippen LogP contribution in [0.4, 0.5) is 11.4 Å². The molecule has 0 aromatic heterocycles. The molecule has 0 heterocycles. The van der Waals surface area contributed by atoms with Crippen LogP contribution in [0.15, 0.2) is 41.3 Å². The van der Waals surface area contributed by atoms with Gasteiger partial charge in [0.2, 0.25) is 5.91 Å². The predicted octanol–water partition coefficient (Wildman–Crippen LogP) is 3.76. The monoisotopic (exact) mass is 358 g/mol. The Kier molecular flexibility index (Phi) is 4.56. The largest absolute Gasteiger partial charge is 0.326 e. The summed E-state index contributed by atoms with van der Waals surface area (Å²) >= 11 is 0. The molecule has 0 atom stereocenters. The minimum absolute atomic E-state index is 0.0271. The van der Waals surface area contributed by atoms with Crippen molar-refractivity contribution >= 4 is 27.3 Å². The first-order valence-corrected chi connectivity index (χ1v) is 9.76. The molecule has 25 heavy (non-hydrogen) atoms. The van der Waals surface area contributed by atoms with E-state index in [1.54, 1.807) is 38.1 Å². The highest BCUT2D eigenvalue weighted by Gasteiger charge is 2.29. The number of hydrogen-bond donors (Lipinski definition) is 2. The van der Waals surface area contributed by atoms with Crippen molar-refractivity contribution in [3.63, 3.8) is 0 Å². The molecular formula is C19H22N2O3S. The van der Waals surface area contributed by atoms with Crippen molar-refractivity contribution < 1.29 is 13.2 Å². The van der Waals surface area contributed by atoms with Gasteiger partial charge in [0, 0.05) is 17.3 Å². The van der Waals surface area contributed by atoms with Gasteiger partial charge in [0.05, 0.1) is 4.90 Å². The van der Waals surface area contributed by atoms with Crippen molar-refractivity contribution in [1.29, 1.82) is 0 Å². The van der Waals surface area contributed by atoms with Gasteiger partial charge in [0.1, 0.15) is 0 Å². The summed E-state index contributed by atoms with van der Waals surface area (Å²) in [5.74, 6) is 0.157. The number of nitrogens with one attached hydrogen (secondary N) is 2. The number of benzene rings is 2. The van der Waals surface area contributed by atoms with E-state index < -0.39 is 10.0 Å². The normalized spacial score (nSPS) is 14.2. The fourth-order valence-electron chi connectivity index (χ4n) is 3.01. The fraction of sp³-hybridized carbons (Fsp3) is 0.316. The second-order valence-corrected chi connectivity index (χ2v) is 8.29. The number of anilines is 2. The summed E-state index contributed by atoms with van der Waals surface area (Å²) in [6, 6.07) is 10.4. The number of hydrogen-bond acceptors (Lipinski definition) is 3. The number of amides is 1. The Morgan fingerprint density at radius 2 is 1.48 bits per heavy atom. The first kappa shape index (κ1) is 17.5. The zero-order chi connectivity index (χ0) is 18.2. The average molecular weight is 358 g/mol. The van der Waals surface area contributed by atoms with Gasteiger partial charge in [0.25, 0.3) is 10.0 Å². The molecule has 0 aliphatic heterocycles. The van der Waals surface area contributed by atoms with E-state index in [0.717, 1.165) is 29.5 Å². The van der Waals surface area contributed by atoms with Gasteiger partial charge in [-0.2, -0.15) is 0 Å². The van der Waals surface area contributed by atoms with Crippen molar-refractivity contribution in [1.82, 2.24) is 0 Å². The predicted molar refractivity (Wildman–Crippen MR) is 99.3 cm³/mol. The van der Waals surface area contributed by atoms with Crippen LogP contribution in [0.1, 0.15) is 29.5 Å². The third kappa shape index (κ3) is 4.02. The average Bonchev–Trinajstić information content (AvgIpc) is 3.32. The maximum atomic E-state index is 12.7. The molecule has 5 nitrogen and oxygen atoms in total. The molecule has 0 bridgehead atoms. The molecule has 2 N–H and O–H groups in total. The molecule has 1 saturated carbocycles. The molecule has 132 valence electrons. The van der Waals surface area contributed by atoms with Crippen LogP contribution in [-0.4, -0.2) is 14.3 Å². The van der Waals surface area contributed by atoms with E-state index in [0.29, 0.717) is 16.3 Å². The number of aryl methyl sites for hydroxylation is 3. The van der Waals surface area contributed by atoms with E-state index in [9.17, 15) is 13.2 Å². The molecule has 0 radical (unpaired) electrons. The third-order valence-corrected chi connectivity index (χ3v) is 5.91. The van der Waals surface area contributed by atoms with Crippen LogP contribution in [0.3, 0.4) is 0 Å². The SMILES string of the molecule is Cc1cc(C)c(S(=O)(=O)Nc2ccc(NC(=O)C3CC3)cc2)c(C)c1. The van der Waals surface area contributed by atoms with Crippen LogP contribution < -0.4 is 10.0 Å². The summed E-state index contributed by atoms with van der Waals surface area (Å²) in [6.45, 7) is 5.54. The number of carbonyl (C=O) groups excluding carboxylic acids is 1. The molecular weight excluding hydrogens is 336 g/mol. The van der Waals surface area contributed by atoms with E-state index >= 15 is 0 Å². The summed E-state index contributed by atoms with van der Waals surface area (Å²) in [5, 5.41) is 2.83. The highest BCUT2D eigenvalue weighted by Crippen LogP contribution is 2.30. The van der Waals surface area contributed by atoms with E-state index in [4.69, 9.17) is 0 Å². The molecule has 1 aliphatic carbocycles. The van der Waals surface area contributed by atoms with Crippen LogP contribution in [0.5, 0.6) is 0 Å². The van der Waals surface area contributed by atoms with Gasteiger partial charge in [-0.15, -0.1) is 0 Å². The number of sulfonamides is 1. The number of carbonyl (C=O) groups is 1. The summed E-state index contributed by atoms with van der Waals surface area (Å²) in [4.78, 5) is 12.1. The van der Waals surface area contributed by atoms with Gasteiger partial charge in [-0.05, 0) is 69.0 Å². The minimum Gasteiger partial charge on any atom is -0.326 e. The van der Waals surface area contributed by atoms with E-state index in [1.165, 1.54) is 0 Å². The van der Waals surface area contributed by atoms with Crippen molar-refractivity contribution in [2.24, 2.45) is 5.92 Å². The van der Waals surface area contributed by atoms with E-state index in [2.05, 4.69) is 10.0 Å². The topological polar surface area (TPSA) is 75.3 Å². The Hall–Kier alpha value is -2.34. The second-order valence-electron chi connectivity index (χ2n) is 6.67. The van der Waals surface area contributed by atoms with Crippen LogP contribution in [0.2, 0.25) is 0 Å². The quantitative estimate of drug-likeness (QED) is 0.854. The maximum absolute atomic E-state index is 12.7. The number of rotatable bonds is 5. The molecule has 1 aliphatic rings. The smallest absolute Gasteiger partial charge is 0.262 e. The lowest BCUT2D eigenvalue weighted by Gasteiger charge is -2.14. The van der Waals surface area contributed by atoms with Crippen molar-refractivity contribution in [2.45, 2.75) is 38.5 Å². The summed E-state index contributed by atoms with van der Waals surface area (Å²) in [7, 11) is -3.67. The van der Waals surface area contributed by atoms with Gasteiger partial charge in [-0.25, -0.2) is 8.42 Å². The Morgan fingerprint density at radius 1 is 0.960 bits per heavy atom. The van der Waals surface area contributed by atoms with Gasteiger partial charge >= 0.3 is 0 Å². The van der Waals surface area contributed by atoms with Crippen LogP contribution >= 0.6 is 0 Å². The lowest BCUT2D eigenvalue weighted by Crippen LogP contribution is -2.16. The maximum Gasteiger partial charge on any atom is 0.262 e. The second kappa shape index (κ2) is 6.52. The molecule has 0 spiro atoms. The Labute approximate surface area is 148 Å². The van der Waals surface area contributed by atoms with Crippen LogP contribution in [-0.2, 0) is 14.8 Å². The Morgan fingerprint density at radius 3 is 2.00 bits per heavy atom. The molecule has 2 aromatic carbocycles. The minimum atomic E-state index is -3.67. The summed E-state index contributed by atoms with van der Waals surface area (Å²) < 4.78 is 28.1. The third-order valence-electron chi connectivity index (χ3n) is 4.23. The lowest BCUT2D eigenvalue weighted by atomic mass is 10.1. The van der Waals surface area contributed by atoms with Crippen LogP contribution in [0, 0.1) is 26.7 Å². The molecule has 0 saturated heterocycles. The Balaban J connectivity index is 1.78. The van der Waals surface area contributed by atoms with E-state index in [1.807, 2.05) is 19.1 Å². The molecule has 3 rings (SSSR count). The standard InChI is InChI=1S/C19H22N2O3S/c1-12-10-13(2)18(14(3)11-12)25(23,24)21-17-8-6-16(7-9-17)20-19(22)15-4-5-15/h6-11,15,21H,4-5H2,1-3H3,(H,20,22). The van der Waals surface area contributed by atoms with Gasteiger partial charge in [-0.3, -0.25) is 9.52 Å². The summed E-state index contributed by atoms with van der Waals surface area (Å²) in [6.07, 6.45) is 1.89. The molecule has 6 heteroatoms. The van der Waals surface area contributed by atoms with E-state index in [-0.39, 0.29) is 11.8 Å². The van der Waals surface area contributed by atoms with Crippen molar-refractivity contribution in [3.05, 3.63) is 53.1 Å². The molecule has 2 aromatic rings. The highest BCUT2D eigenvalue weighted by molar-refractivity contribution is 7.92. The first-order valence-electron chi connectivity index (χ1n) is 8.28. The van der Waals surface area contributed by atoms with Gasteiger partial charge in [0.15, 0.2) is 0 Å².